The standard InChI is InChI=1S/C28H20N2O2/c1-16-7-13-23-22(15-16)25-19-5-3-4-6-20(19)28(31)21-12-14-24(27(30-23)26(21)25)29-17-8-10-18(32-2)11-9-17/h3-15,29H,1-2H3. The van der Waals surface area contributed by atoms with Gasteiger partial charge < -0.3 is 10.1 Å². The number of methoxy groups -OCH3 is 1. The number of benzene rings is 4. The van der Waals surface area contributed by atoms with Gasteiger partial charge in [-0.15, -0.1) is 0 Å². The summed E-state index contributed by atoms with van der Waals surface area (Å²) in [4.78, 5) is 18.4. The van der Waals surface area contributed by atoms with Gasteiger partial charge in [0, 0.05) is 33.2 Å². The highest BCUT2D eigenvalue weighted by Gasteiger charge is 2.28. The average Bonchev–Trinajstić information content (AvgIpc) is 2.83. The van der Waals surface area contributed by atoms with Crippen molar-refractivity contribution in [2.24, 2.45) is 0 Å². The van der Waals surface area contributed by atoms with Crippen LogP contribution >= 0.6 is 0 Å². The lowest BCUT2D eigenvalue weighted by Gasteiger charge is -2.23. The quantitative estimate of drug-likeness (QED) is 0.328. The Labute approximate surface area is 185 Å². The molecule has 0 amide bonds. The smallest absolute Gasteiger partial charge is 0.194 e. The monoisotopic (exact) mass is 416 g/mol. The van der Waals surface area contributed by atoms with Crippen molar-refractivity contribution >= 4 is 39.0 Å². The molecule has 4 aromatic carbocycles. The molecule has 6 rings (SSSR count). The number of nitrogens with zero attached hydrogens (tertiary/aromatic N) is 1. The molecule has 0 saturated heterocycles. The number of rotatable bonds is 3. The summed E-state index contributed by atoms with van der Waals surface area (Å²) >= 11 is 0. The van der Waals surface area contributed by atoms with Gasteiger partial charge in [-0.25, -0.2) is 4.98 Å². The summed E-state index contributed by atoms with van der Waals surface area (Å²) in [6.45, 7) is 2.08. The number of hydrogen-bond acceptors (Lipinski definition) is 4. The molecule has 0 aliphatic heterocycles. The van der Waals surface area contributed by atoms with E-state index in [4.69, 9.17) is 9.72 Å². The summed E-state index contributed by atoms with van der Waals surface area (Å²) in [5, 5.41) is 5.46. The van der Waals surface area contributed by atoms with Crippen molar-refractivity contribution in [1.29, 1.82) is 0 Å². The minimum atomic E-state index is 0.0444. The maximum atomic E-state index is 13.4. The largest absolute Gasteiger partial charge is 0.497 e. The summed E-state index contributed by atoms with van der Waals surface area (Å²) in [5.41, 5.74) is 8.16. The van der Waals surface area contributed by atoms with Crippen molar-refractivity contribution in [3.8, 4) is 16.9 Å². The van der Waals surface area contributed by atoms with Crippen molar-refractivity contribution in [1.82, 2.24) is 4.98 Å². The summed E-state index contributed by atoms with van der Waals surface area (Å²) < 4.78 is 5.27. The summed E-state index contributed by atoms with van der Waals surface area (Å²) in [6, 6.07) is 25.8. The van der Waals surface area contributed by atoms with Crippen molar-refractivity contribution in [3.05, 3.63) is 95.6 Å². The predicted octanol–water partition coefficient (Wildman–Crippen LogP) is 6.66. The molecule has 0 fully saturated rings. The van der Waals surface area contributed by atoms with Crippen LogP contribution in [0.2, 0.25) is 0 Å². The molecule has 1 aromatic heterocycles. The molecule has 0 spiro atoms. The first kappa shape index (κ1) is 18.6. The van der Waals surface area contributed by atoms with Gasteiger partial charge in [0.2, 0.25) is 0 Å². The zero-order chi connectivity index (χ0) is 21.8. The Morgan fingerprint density at radius 3 is 2.41 bits per heavy atom. The van der Waals surface area contributed by atoms with Gasteiger partial charge in [-0.1, -0.05) is 35.9 Å². The highest BCUT2D eigenvalue weighted by Crippen LogP contribution is 2.45. The van der Waals surface area contributed by atoms with Gasteiger partial charge in [-0.3, -0.25) is 4.79 Å². The first-order chi connectivity index (χ1) is 15.6. The molecule has 1 heterocycles. The third-order valence-corrected chi connectivity index (χ3v) is 6.14. The summed E-state index contributed by atoms with van der Waals surface area (Å²) in [7, 11) is 1.65. The first-order valence-corrected chi connectivity index (χ1v) is 10.6. The lowest BCUT2D eigenvalue weighted by Crippen LogP contribution is -2.11. The van der Waals surface area contributed by atoms with Crippen molar-refractivity contribution in [2.45, 2.75) is 6.92 Å². The van der Waals surface area contributed by atoms with Crippen LogP contribution in [0.15, 0.2) is 78.9 Å². The fraction of sp³-hybridized carbons (Fsp3) is 0.0714. The second-order valence-electron chi connectivity index (χ2n) is 8.12. The Kier molecular flexibility index (Phi) is 4.02. The number of fused-ring (bicyclic) bond motifs is 4. The van der Waals surface area contributed by atoms with Gasteiger partial charge in [0.15, 0.2) is 5.78 Å². The molecule has 1 aliphatic carbocycles. The van der Waals surface area contributed by atoms with E-state index in [1.54, 1.807) is 7.11 Å². The summed E-state index contributed by atoms with van der Waals surface area (Å²) in [6.07, 6.45) is 0. The fourth-order valence-electron chi connectivity index (χ4n) is 4.61. The van der Waals surface area contributed by atoms with E-state index in [1.165, 1.54) is 5.56 Å². The molecular weight excluding hydrogens is 396 g/mol. The maximum absolute atomic E-state index is 13.4. The molecule has 4 heteroatoms. The second-order valence-corrected chi connectivity index (χ2v) is 8.12. The Balaban J connectivity index is 1.68. The molecule has 5 aromatic rings. The van der Waals surface area contributed by atoms with Crippen LogP contribution in [0.25, 0.3) is 32.9 Å². The third kappa shape index (κ3) is 2.70. The number of aryl methyl sites for hydroxylation is 1. The molecule has 0 radical (unpaired) electrons. The minimum absolute atomic E-state index is 0.0444. The fourth-order valence-corrected chi connectivity index (χ4v) is 4.61. The molecule has 0 saturated carbocycles. The summed E-state index contributed by atoms with van der Waals surface area (Å²) in [5.74, 6) is 0.844. The normalized spacial score (nSPS) is 12.1. The van der Waals surface area contributed by atoms with E-state index in [2.05, 4.69) is 30.4 Å². The van der Waals surface area contributed by atoms with Gasteiger partial charge in [0.25, 0.3) is 0 Å². The zero-order valence-corrected chi connectivity index (χ0v) is 17.8. The number of carbonyl (C=O) groups excluding carboxylic acids is 1. The van der Waals surface area contributed by atoms with Crippen LogP contribution in [-0.2, 0) is 0 Å². The van der Waals surface area contributed by atoms with Crippen LogP contribution in [-0.4, -0.2) is 17.9 Å². The molecule has 32 heavy (non-hydrogen) atoms. The van der Waals surface area contributed by atoms with Gasteiger partial charge >= 0.3 is 0 Å². The molecule has 0 bridgehead atoms. The number of nitrogens with one attached hydrogen (secondary N) is 1. The van der Waals surface area contributed by atoms with Crippen LogP contribution in [0.4, 0.5) is 11.4 Å². The Morgan fingerprint density at radius 1 is 0.844 bits per heavy atom. The zero-order valence-electron chi connectivity index (χ0n) is 17.8. The predicted molar refractivity (Wildman–Crippen MR) is 129 cm³/mol. The lowest BCUT2D eigenvalue weighted by molar-refractivity contribution is 0.104. The van der Waals surface area contributed by atoms with Crippen molar-refractivity contribution in [2.75, 3.05) is 12.4 Å². The van der Waals surface area contributed by atoms with Crippen LogP contribution < -0.4 is 10.1 Å². The molecule has 0 unspecified atom stereocenters. The van der Waals surface area contributed by atoms with Crippen LogP contribution in [0.1, 0.15) is 21.5 Å². The Hall–Kier alpha value is -4.18. The number of ether oxygens (including phenoxy) is 1. The van der Waals surface area contributed by atoms with Crippen molar-refractivity contribution < 1.29 is 9.53 Å². The third-order valence-electron chi connectivity index (χ3n) is 6.14. The van der Waals surface area contributed by atoms with Crippen molar-refractivity contribution in [3.63, 3.8) is 0 Å². The first-order valence-electron chi connectivity index (χ1n) is 10.6. The number of pyridine rings is 1. The second kappa shape index (κ2) is 6.92. The molecule has 1 N–H and O–H groups in total. The molecule has 1 aliphatic rings. The maximum Gasteiger partial charge on any atom is 0.194 e. The Bertz CT molecular complexity index is 1550. The molecule has 154 valence electrons. The SMILES string of the molecule is COc1ccc(Nc2ccc3c4c(c5cc(C)ccc5nc24)-c2ccccc2C3=O)cc1. The van der Waals surface area contributed by atoms with Gasteiger partial charge in [-0.05, 0) is 61.0 Å². The number of aromatic nitrogens is 1. The Morgan fingerprint density at radius 2 is 1.62 bits per heavy atom. The van der Waals surface area contributed by atoms with E-state index in [0.29, 0.717) is 5.56 Å². The van der Waals surface area contributed by atoms with E-state index >= 15 is 0 Å². The topological polar surface area (TPSA) is 51.2 Å². The van der Waals surface area contributed by atoms with Crippen LogP contribution in [0.5, 0.6) is 5.75 Å². The number of ketones is 1. The lowest BCUT2D eigenvalue weighted by atomic mass is 9.82. The minimum Gasteiger partial charge on any atom is -0.497 e. The van der Waals surface area contributed by atoms with E-state index in [1.807, 2.05) is 60.7 Å². The highest BCUT2D eigenvalue weighted by atomic mass is 16.5. The highest BCUT2D eigenvalue weighted by molar-refractivity contribution is 6.30. The molecule has 4 nitrogen and oxygen atoms in total. The van der Waals surface area contributed by atoms with Gasteiger partial charge in [0.1, 0.15) is 5.75 Å². The van der Waals surface area contributed by atoms with Crippen LogP contribution in [0.3, 0.4) is 0 Å². The van der Waals surface area contributed by atoms with E-state index < -0.39 is 0 Å². The van der Waals surface area contributed by atoms with E-state index in [0.717, 1.165) is 55.6 Å². The average molecular weight is 416 g/mol. The van der Waals surface area contributed by atoms with Crippen LogP contribution in [0, 0.1) is 6.92 Å². The number of carbonyl (C=O) groups is 1. The van der Waals surface area contributed by atoms with E-state index in [-0.39, 0.29) is 5.78 Å². The van der Waals surface area contributed by atoms with Gasteiger partial charge in [0.05, 0.1) is 23.8 Å². The van der Waals surface area contributed by atoms with Gasteiger partial charge in [-0.2, -0.15) is 0 Å². The molecular formula is C28H20N2O2. The number of hydrogen-bond donors (Lipinski definition) is 1. The molecule has 0 atom stereocenters. The number of anilines is 2. The van der Waals surface area contributed by atoms with E-state index in [9.17, 15) is 4.79 Å².